The van der Waals surface area contributed by atoms with Gasteiger partial charge in [-0.3, -0.25) is 0 Å². The Kier molecular flexibility index (Phi) is 3.80. The SMILES string of the molecule is BC(B)(c1ccccc1OC(F)(F)F)C(C)(C)C. The Bertz CT molecular complexity index is 422. The van der Waals surface area contributed by atoms with Crippen LogP contribution >= 0.6 is 0 Å². The molecule has 0 aliphatic heterocycles. The highest BCUT2D eigenvalue weighted by Crippen LogP contribution is 2.41. The minimum atomic E-state index is -4.66. The second-order valence-electron chi connectivity index (χ2n) is 5.92. The third-order valence-electron chi connectivity index (χ3n) is 3.66. The van der Waals surface area contributed by atoms with E-state index in [4.69, 9.17) is 0 Å². The molecular weight excluding hydrogens is 239 g/mol. The number of ether oxygens (including phenoxy) is 1. The Hall–Kier alpha value is -1.06. The fourth-order valence-electron chi connectivity index (χ4n) is 1.60. The van der Waals surface area contributed by atoms with Crippen LogP contribution in [0.3, 0.4) is 0 Å². The maximum atomic E-state index is 12.4. The van der Waals surface area contributed by atoms with Crippen LogP contribution in [0.1, 0.15) is 26.3 Å². The van der Waals surface area contributed by atoms with E-state index in [2.05, 4.69) is 4.74 Å². The second-order valence-corrected chi connectivity index (χ2v) is 5.92. The molecule has 0 fully saturated rings. The van der Waals surface area contributed by atoms with Crippen LogP contribution in [0.4, 0.5) is 13.2 Å². The highest BCUT2D eigenvalue weighted by Gasteiger charge is 2.39. The summed E-state index contributed by atoms with van der Waals surface area (Å²) in [4.78, 5) is 0. The van der Waals surface area contributed by atoms with Gasteiger partial charge in [-0.25, -0.2) is 0 Å². The monoisotopic (exact) mass is 256 g/mol. The summed E-state index contributed by atoms with van der Waals surface area (Å²) < 4.78 is 41.3. The Morgan fingerprint density at radius 1 is 1.00 bits per heavy atom. The van der Waals surface area contributed by atoms with Crippen molar-refractivity contribution in [1.29, 1.82) is 0 Å². The summed E-state index contributed by atoms with van der Waals surface area (Å²) in [5.41, 5.74) is 0.382. The Morgan fingerprint density at radius 3 is 1.94 bits per heavy atom. The van der Waals surface area contributed by atoms with Crippen LogP contribution in [0, 0.1) is 5.41 Å². The molecule has 0 aliphatic carbocycles. The molecule has 18 heavy (non-hydrogen) atoms. The number of benzene rings is 1. The average Bonchev–Trinajstić information content (AvgIpc) is 2.13. The summed E-state index contributed by atoms with van der Waals surface area (Å²) in [6.45, 7) is 5.99. The van der Waals surface area contributed by atoms with Gasteiger partial charge in [-0.05, 0) is 17.0 Å². The number of para-hydroxylation sites is 1. The van der Waals surface area contributed by atoms with Crippen molar-refractivity contribution in [2.45, 2.75) is 32.3 Å². The molecule has 98 valence electrons. The minimum absolute atomic E-state index is 0.120. The summed E-state index contributed by atoms with van der Waals surface area (Å²) in [5.74, 6) is -0.120. The quantitative estimate of drug-likeness (QED) is 0.736. The largest absolute Gasteiger partial charge is 0.573 e. The van der Waals surface area contributed by atoms with Crippen molar-refractivity contribution in [3.05, 3.63) is 29.8 Å². The molecule has 0 N–H and O–H groups in total. The smallest absolute Gasteiger partial charge is 0.406 e. The minimum Gasteiger partial charge on any atom is -0.406 e. The topological polar surface area (TPSA) is 9.23 Å². The maximum absolute atomic E-state index is 12.4. The van der Waals surface area contributed by atoms with Gasteiger partial charge in [0, 0.05) is 0 Å². The van der Waals surface area contributed by atoms with Gasteiger partial charge >= 0.3 is 6.36 Å². The molecule has 1 aromatic rings. The number of rotatable bonds is 2. The molecule has 0 radical (unpaired) electrons. The molecule has 0 heterocycles. The van der Waals surface area contributed by atoms with Crippen LogP contribution in [0.5, 0.6) is 5.75 Å². The summed E-state index contributed by atoms with van der Waals surface area (Å²) in [6, 6.07) is 6.32. The van der Waals surface area contributed by atoms with Crippen molar-refractivity contribution < 1.29 is 17.9 Å². The van der Waals surface area contributed by atoms with Gasteiger partial charge in [0.25, 0.3) is 0 Å². The van der Waals surface area contributed by atoms with Gasteiger partial charge in [-0.1, -0.05) is 44.2 Å². The molecule has 0 aromatic heterocycles. The van der Waals surface area contributed by atoms with Gasteiger partial charge in [-0.15, -0.1) is 13.2 Å². The van der Waals surface area contributed by atoms with E-state index < -0.39 is 11.6 Å². The van der Waals surface area contributed by atoms with E-state index in [0.717, 1.165) is 0 Å². The van der Waals surface area contributed by atoms with Gasteiger partial charge in [0.05, 0.1) is 0 Å². The molecular formula is C12H17B2F3O. The van der Waals surface area contributed by atoms with E-state index in [1.165, 1.54) is 6.07 Å². The van der Waals surface area contributed by atoms with Gasteiger partial charge < -0.3 is 4.74 Å². The van der Waals surface area contributed by atoms with E-state index in [1.54, 1.807) is 18.2 Å². The highest BCUT2D eigenvalue weighted by atomic mass is 19.4. The van der Waals surface area contributed by atoms with E-state index in [9.17, 15) is 13.2 Å². The van der Waals surface area contributed by atoms with E-state index in [-0.39, 0.29) is 11.2 Å². The zero-order valence-electron chi connectivity index (χ0n) is 11.4. The third-order valence-corrected chi connectivity index (χ3v) is 3.66. The summed E-state index contributed by atoms with van der Waals surface area (Å²) in [5, 5.41) is -0.436. The first kappa shape index (κ1) is 15.0. The van der Waals surface area contributed by atoms with E-state index >= 15 is 0 Å². The molecule has 1 rings (SSSR count). The van der Waals surface area contributed by atoms with E-state index in [1.807, 2.05) is 36.5 Å². The number of halogens is 3. The predicted molar refractivity (Wildman–Crippen MR) is 71.3 cm³/mol. The van der Waals surface area contributed by atoms with Gasteiger partial charge in [0.2, 0.25) is 0 Å². The van der Waals surface area contributed by atoms with Crippen molar-refractivity contribution in [1.82, 2.24) is 0 Å². The van der Waals surface area contributed by atoms with Crippen LogP contribution in [-0.4, -0.2) is 22.1 Å². The summed E-state index contributed by atoms with van der Waals surface area (Å²) in [7, 11) is 3.84. The molecule has 0 unspecified atom stereocenters. The van der Waals surface area contributed by atoms with Crippen molar-refractivity contribution in [2.24, 2.45) is 5.41 Å². The molecule has 0 amide bonds. The van der Waals surface area contributed by atoms with Gasteiger partial charge in [0.15, 0.2) is 0 Å². The zero-order valence-corrected chi connectivity index (χ0v) is 11.4. The Labute approximate surface area is 108 Å². The van der Waals surface area contributed by atoms with Crippen LogP contribution in [0.15, 0.2) is 24.3 Å². The first-order chi connectivity index (χ1) is 7.95. The van der Waals surface area contributed by atoms with E-state index in [0.29, 0.717) is 5.56 Å². The lowest BCUT2D eigenvalue weighted by atomic mass is 9.41. The molecule has 0 saturated heterocycles. The number of alkyl halides is 3. The molecule has 0 bridgehead atoms. The molecule has 6 heteroatoms. The normalized spacial score (nSPS) is 13.4. The second kappa shape index (κ2) is 4.56. The van der Waals surface area contributed by atoms with Gasteiger partial charge in [0.1, 0.15) is 21.4 Å². The lowest BCUT2D eigenvalue weighted by Gasteiger charge is -2.40. The van der Waals surface area contributed by atoms with Crippen molar-refractivity contribution in [3.63, 3.8) is 0 Å². The number of hydrogen-bond acceptors (Lipinski definition) is 1. The molecule has 0 spiro atoms. The lowest BCUT2D eigenvalue weighted by Crippen LogP contribution is -2.41. The van der Waals surface area contributed by atoms with Crippen LogP contribution in [0.2, 0.25) is 0 Å². The predicted octanol–water partition coefficient (Wildman–Crippen LogP) is 2.05. The molecule has 1 aromatic carbocycles. The van der Waals surface area contributed by atoms with Crippen LogP contribution in [-0.2, 0) is 5.21 Å². The van der Waals surface area contributed by atoms with Gasteiger partial charge in [-0.2, -0.15) is 0 Å². The highest BCUT2D eigenvalue weighted by molar-refractivity contribution is 6.40. The maximum Gasteiger partial charge on any atom is 0.573 e. The zero-order chi connectivity index (χ0) is 14.2. The summed E-state index contributed by atoms with van der Waals surface area (Å²) in [6.07, 6.45) is -4.66. The van der Waals surface area contributed by atoms with Crippen molar-refractivity contribution in [2.75, 3.05) is 0 Å². The molecule has 0 saturated carbocycles. The Morgan fingerprint density at radius 2 is 1.50 bits per heavy atom. The number of hydrogen-bond donors (Lipinski definition) is 0. The Balaban J connectivity index is 3.26. The van der Waals surface area contributed by atoms with Crippen molar-refractivity contribution in [3.8, 4) is 5.75 Å². The average molecular weight is 256 g/mol. The molecule has 0 aliphatic rings. The van der Waals surface area contributed by atoms with Crippen molar-refractivity contribution >= 4 is 15.7 Å². The first-order valence-electron chi connectivity index (χ1n) is 5.80. The first-order valence-corrected chi connectivity index (χ1v) is 5.80. The summed E-state index contributed by atoms with van der Waals surface area (Å²) >= 11 is 0. The van der Waals surface area contributed by atoms with Crippen LogP contribution < -0.4 is 4.74 Å². The third kappa shape index (κ3) is 3.24. The fourth-order valence-corrected chi connectivity index (χ4v) is 1.60. The molecule has 1 nitrogen and oxygen atoms in total. The van der Waals surface area contributed by atoms with Crippen LogP contribution in [0.25, 0.3) is 0 Å². The lowest BCUT2D eigenvalue weighted by molar-refractivity contribution is -0.275. The standard InChI is InChI=1S/C12H17B2F3O/c1-10(2,3)11(13,14)8-6-4-5-7-9(8)18-12(15,16)17/h4-7H,13-14H2,1-3H3. The molecule has 0 atom stereocenters. The fraction of sp³-hybridized carbons (Fsp3) is 0.500.